The summed E-state index contributed by atoms with van der Waals surface area (Å²) in [6.07, 6.45) is 1.14. The van der Waals surface area contributed by atoms with Gasteiger partial charge in [-0.3, -0.25) is 13.9 Å². The number of hydrogen-bond donors (Lipinski definition) is 1. The number of nitrogens with one attached hydrogen (secondary N) is 1. The molecule has 0 unspecified atom stereocenters. The molecule has 8 heteroatoms. The van der Waals surface area contributed by atoms with Gasteiger partial charge in [-0.2, -0.15) is 0 Å². The third-order valence-electron chi connectivity index (χ3n) is 6.58. The van der Waals surface area contributed by atoms with Gasteiger partial charge in [-0.25, -0.2) is 8.42 Å². The molecular formula is C30H37N3O4S. The van der Waals surface area contributed by atoms with Crippen molar-refractivity contribution in [3.05, 3.63) is 96.1 Å². The maximum atomic E-state index is 14.0. The molecule has 202 valence electrons. The van der Waals surface area contributed by atoms with Crippen molar-refractivity contribution in [3.8, 4) is 0 Å². The van der Waals surface area contributed by atoms with Gasteiger partial charge in [-0.05, 0) is 56.0 Å². The van der Waals surface area contributed by atoms with E-state index in [1.807, 2.05) is 70.2 Å². The van der Waals surface area contributed by atoms with Gasteiger partial charge in [-0.1, -0.05) is 80.6 Å². The topological polar surface area (TPSA) is 86.8 Å². The third-order valence-corrected chi connectivity index (χ3v) is 8.35. The Labute approximate surface area is 226 Å². The first-order valence-electron chi connectivity index (χ1n) is 13.0. The molecule has 7 nitrogen and oxygen atoms in total. The fourth-order valence-corrected chi connectivity index (χ4v) is 5.72. The molecule has 1 N–H and O–H groups in total. The lowest BCUT2D eigenvalue weighted by Crippen LogP contribution is -2.53. The minimum atomic E-state index is -4.07. The van der Waals surface area contributed by atoms with E-state index in [-0.39, 0.29) is 23.4 Å². The number of amides is 2. The van der Waals surface area contributed by atoms with E-state index < -0.39 is 28.5 Å². The zero-order valence-electron chi connectivity index (χ0n) is 22.5. The van der Waals surface area contributed by atoms with E-state index in [4.69, 9.17) is 0 Å². The average molecular weight is 536 g/mol. The van der Waals surface area contributed by atoms with Crippen LogP contribution >= 0.6 is 0 Å². The van der Waals surface area contributed by atoms with Crippen molar-refractivity contribution in [3.63, 3.8) is 0 Å². The monoisotopic (exact) mass is 535 g/mol. The Morgan fingerprint density at radius 2 is 1.42 bits per heavy atom. The first-order valence-corrected chi connectivity index (χ1v) is 14.4. The summed E-state index contributed by atoms with van der Waals surface area (Å²) in [4.78, 5) is 28.9. The maximum Gasteiger partial charge on any atom is 0.264 e. The largest absolute Gasteiger partial charge is 0.352 e. The highest BCUT2D eigenvalue weighted by Crippen LogP contribution is 2.27. The lowest BCUT2D eigenvalue weighted by molar-refractivity contribution is -0.140. The van der Waals surface area contributed by atoms with E-state index in [2.05, 4.69) is 5.32 Å². The number of carbonyl (C=O) groups excluding carboxylic acids is 2. The summed E-state index contributed by atoms with van der Waals surface area (Å²) in [5.41, 5.74) is 1.99. The van der Waals surface area contributed by atoms with Crippen LogP contribution in [-0.2, 0) is 26.2 Å². The standard InChI is InChI=1S/C30H37N3O4S/c1-5-24(4)31-30(35)27(6-2)32(21-25-16-9-7-10-17-25)29(34)22-33(28-20-14-13-15-23(28)3)38(36,37)26-18-11-8-12-19-26/h7-20,24,27H,5-6,21-22H2,1-4H3,(H,31,35)/t24-,27-/m0/s1. The molecule has 0 saturated heterocycles. The van der Waals surface area contributed by atoms with Gasteiger partial charge in [0, 0.05) is 12.6 Å². The Morgan fingerprint density at radius 1 is 0.842 bits per heavy atom. The van der Waals surface area contributed by atoms with Crippen LogP contribution < -0.4 is 9.62 Å². The third kappa shape index (κ3) is 7.01. The minimum absolute atomic E-state index is 0.0489. The molecule has 0 radical (unpaired) electrons. The summed E-state index contributed by atoms with van der Waals surface area (Å²) >= 11 is 0. The molecule has 3 aromatic carbocycles. The second kappa shape index (κ2) is 13.2. The SMILES string of the molecule is CC[C@H](C)NC(=O)[C@H](CC)N(Cc1ccccc1)C(=O)CN(c1ccccc1C)S(=O)(=O)c1ccccc1. The molecular weight excluding hydrogens is 498 g/mol. The van der Waals surface area contributed by atoms with Crippen LogP contribution in [0.25, 0.3) is 0 Å². The Kier molecular flexibility index (Phi) is 10.1. The minimum Gasteiger partial charge on any atom is -0.352 e. The summed E-state index contributed by atoms with van der Waals surface area (Å²) in [6.45, 7) is 7.30. The molecule has 38 heavy (non-hydrogen) atoms. The van der Waals surface area contributed by atoms with Crippen molar-refractivity contribution < 1.29 is 18.0 Å². The number of nitrogens with zero attached hydrogens (tertiary/aromatic N) is 2. The van der Waals surface area contributed by atoms with Crippen LogP contribution in [0.15, 0.2) is 89.8 Å². The van der Waals surface area contributed by atoms with Gasteiger partial charge >= 0.3 is 0 Å². The molecule has 2 amide bonds. The van der Waals surface area contributed by atoms with Crippen LogP contribution in [0.4, 0.5) is 5.69 Å². The molecule has 0 heterocycles. The lowest BCUT2D eigenvalue weighted by atomic mass is 10.1. The smallest absolute Gasteiger partial charge is 0.264 e. The highest BCUT2D eigenvalue weighted by molar-refractivity contribution is 7.92. The number of anilines is 1. The number of carbonyl (C=O) groups is 2. The molecule has 0 aromatic heterocycles. The highest BCUT2D eigenvalue weighted by Gasteiger charge is 2.34. The number of aryl methyl sites for hydroxylation is 1. The van der Waals surface area contributed by atoms with Crippen molar-refractivity contribution in [2.75, 3.05) is 10.8 Å². The van der Waals surface area contributed by atoms with Crippen LogP contribution in [0.1, 0.15) is 44.7 Å². The number of para-hydroxylation sites is 1. The van der Waals surface area contributed by atoms with Gasteiger partial charge in [0.25, 0.3) is 10.0 Å². The van der Waals surface area contributed by atoms with Crippen LogP contribution in [0, 0.1) is 6.92 Å². The number of sulfonamides is 1. The van der Waals surface area contributed by atoms with Gasteiger partial charge in [0.15, 0.2) is 0 Å². The van der Waals surface area contributed by atoms with E-state index in [0.717, 1.165) is 21.9 Å². The molecule has 3 rings (SSSR count). The zero-order valence-corrected chi connectivity index (χ0v) is 23.3. The van der Waals surface area contributed by atoms with Crippen LogP contribution in [0.3, 0.4) is 0 Å². The van der Waals surface area contributed by atoms with Crippen molar-refractivity contribution in [1.82, 2.24) is 10.2 Å². The first kappa shape index (κ1) is 28.9. The van der Waals surface area contributed by atoms with Crippen LogP contribution in [-0.4, -0.2) is 43.8 Å². The second-order valence-electron chi connectivity index (χ2n) is 9.36. The van der Waals surface area contributed by atoms with E-state index in [9.17, 15) is 18.0 Å². The van der Waals surface area contributed by atoms with Crippen molar-refractivity contribution in [2.24, 2.45) is 0 Å². The van der Waals surface area contributed by atoms with Gasteiger partial charge < -0.3 is 10.2 Å². The summed E-state index contributed by atoms with van der Waals surface area (Å²) in [6, 6.07) is 23.7. The molecule has 0 spiro atoms. The molecule has 0 aliphatic carbocycles. The molecule has 0 fully saturated rings. The van der Waals surface area contributed by atoms with E-state index in [1.54, 1.807) is 30.3 Å². The maximum absolute atomic E-state index is 14.0. The van der Waals surface area contributed by atoms with Gasteiger partial charge in [0.1, 0.15) is 12.6 Å². The molecule has 0 aliphatic heterocycles. The van der Waals surface area contributed by atoms with E-state index in [0.29, 0.717) is 12.1 Å². The molecule has 0 aliphatic rings. The van der Waals surface area contributed by atoms with Crippen LogP contribution in [0.2, 0.25) is 0 Å². The van der Waals surface area contributed by atoms with Crippen molar-refractivity contribution >= 4 is 27.5 Å². The fraction of sp³-hybridized carbons (Fsp3) is 0.333. The van der Waals surface area contributed by atoms with Crippen LogP contribution in [0.5, 0.6) is 0 Å². The van der Waals surface area contributed by atoms with Gasteiger partial charge in [0.05, 0.1) is 10.6 Å². The first-order chi connectivity index (χ1) is 18.2. The van der Waals surface area contributed by atoms with Gasteiger partial charge in [-0.15, -0.1) is 0 Å². The molecule has 2 atom stereocenters. The lowest BCUT2D eigenvalue weighted by Gasteiger charge is -2.34. The van der Waals surface area contributed by atoms with E-state index in [1.165, 1.54) is 17.0 Å². The molecule has 3 aromatic rings. The average Bonchev–Trinajstić information content (AvgIpc) is 2.92. The fourth-order valence-electron chi connectivity index (χ4n) is 4.22. The quantitative estimate of drug-likeness (QED) is 0.357. The summed E-state index contributed by atoms with van der Waals surface area (Å²) in [5, 5.41) is 2.99. The Balaban J connectivity index is 2.04. The molecule has 0 saturated carbocycles. The Hall–Kier alpha value is -3.65. The van der Waals surface area contributed by atoms with E-state index >= 15 is 0 Å². The Bertz CT molecular complexity index is 1310. The van der Waals surface area contributed by atoms with Gasteiger partial charge in [0.2, 0.25) is 11.8 Å². The van der Waals surface area contributed by atoms with Crippen molar-refractivity contribution in [2.45, 2.75) is 64.1 Å². The Morgan fingerprint density at radius 3 is 2.00 bits per heavy atom. The molecule has 0 bridgehead atoms. The summed E-state index contributed by atoms with van der Waals surface area (Å²) in [5.74, 6) is -0.706. The summed E-state index contributed by atoms with van der Waals surface area (Å²) < 4.78 is 28.8. The highest BCUT2D eigenvalue weighted by atomic mass is 32.2. The predicted octanol–water partition coefficient (Wildman–Crippen LogP) is 4.91. The normalized spacial score (nSPS) is 12.8. The second-order valence-corrected chi connectivity index (χ2v) is 11.2. The number of benzene rings is 3. The van der Waals surface area contributed by atoms with Crippen molar-refractivity contribution in [1.29, 1.82) is 0 Å². The summed E-state index contributed by atoms with van der Waals surface area (Å²) in [7, 11) is -4.07. The predicted molar refractivity (Wildman–Crippen MR) is 151 cm³/mol. The zero-order chi connectivity index (χ0) is 27.7. The number of hydrogen-bond acceptors (Lipinski definition) is 4. The number of rotatable bonds is 12.